The van der Waals surface area contributed by atoms with Gasteiger partial charge in [-0.2, -0.15) is 0 Å². The van der Waals surface area contributed by atoms with Crippen LogP contribution in [0, 0.1) is 5.82 Å². The molecule has 1 N–H and O–H groups in total. The largest absolute Gasteiger partial charge is 0.495 e. The zero-order valence-electron chi connectivity index (χ0n) is 10.4. The Morgan fingerprint density at radius 1 is 1.15 bits per heavy atom. The monoisotopic (exact) mass is 359 g/mol. The molecule has 0 aliphatic rings. The number of sulfonamides is 1. The molecule has 0 saturated carbocycles. The van der Waals surface area contributed by atoms with Gasteiger partial charge in [0.15, 0.2) is 0 Å². The van der Waals surface area contributed by atoms with E-state index in [-0.39, 0.29) is 4.90 Å². The standard InChI is InChI=1S/C13H11BrFNO3S/c1-19-13-8-10(4-7-12(13)14)16-20(17,18)11-5-2-9(15)3-6-11/h2-8,16H,1H3. The molecule has 0 atom stereocenters. The van der Waals surface area contributed by atoms with E-state index in [4.69, 9.17) is 4.74 Å². The fraction of sp³-hybridized carbons (Fsp3) is 0.0769. The molecular weight excluding hydrogens is 349 g/mol. The number of anilines is 1. The van der Waals surface area contributed by atoms with Gasteiger partial charge in [0.25, 0.3) is 10.0 Å². The van der Waals surface area contributed by atoms with Crippen LogP contribution < -0.4 is 9.46 Å². The highest BCUT2D eigenvalue weighted by atomic mass is 79.9. The number of hydrogen-bond acceptors (Lipinski definition) is 3. The van der Waals surface area contributed by atoms with Crippen molar-refractivity contribution in [2.45, 2.75) is 4.90 Å². The summed E-state index contributed by atoms with van der Waals surface area (Å²) in [6.07, 6.45) is 0. The highest BCUT2D eigenvalue weighted by molar-refractivity contribution is 9.10. The molecule has 20 heavy (non-hydrogen) atoms. The number of methoxy groups -OCH3 is 1. The first-order valence-electron chi connectivity index (χ1n) is 5.54. The fourth-order valence-electron chi connectivity index (χ4n) is 1.55. The Morgan fingerprint density at radius 2 is 1.80 bits per heavy atom. The SMILES string of the molecule is COc1cc(NS(=O)(=O)c2ccc(F)cc2)ccc1Br. The van der Waals surface area contributed by atoms with Gasteiger partial charge < -0.3 is 4.74 Å². The molecule has 0 aliphatic heterocycles. The van der Waals surface area contributed by atoms with Crippen LogP contribution in [-0.2, 0) is 10.0 Å². The second-order valence-corrected chi connectivity index (χ2v) is 6.45. The topological polar surface area (TPSA) is 55.4 Å². The molecular formula is C13H11BrFNO3S. The van der Waals surface area contributed by atoms with Gasteiger partial charge in [-0.3, -0.25) is 4.72 Å². The van der Waals surface area contributed by atoms with Crippen LogP contribution >= 0.6 is 15.9 Å². The molecule has 4 nitrogen and oxygen atoms in total. The minimum atomic E-state index is -3.76. The van der Waals surface area contributed by atoms with Crippen LogP contribution in [0.4, 0.5) is 10.1 Å². The smallest absolute Gasteiger partial charge is 0.261 e. The van der Waals surface area contributed by atoms with Gasteiger partial charge in [0.1, 0.15) is 11.6 Å². The van der Waals surface area contributed by atoms with Crippen LogP contribution in [0.25, 0.3) is 0 Å². The first-order chi connectivity index (χ1) is 9.42. The van der Waals surface area contributed by atoms with Gasteiger partial charge >= 0.3 is 0 Å². The molecule has 0 amide bonds. The van der Waals surface area contributed by atoms with Crippen LogP contribution in [0.15, 0.2) is 51.8 Å². The summed E-state index contributed by atoms with van der Waals surface area (Å²) >= 11 is 3.28. The van der Waals surface area contributed by atoms with E-state index in [9.17, 15) is 12.8 Å². The minimum Gasteiger partial charge on any atom is -0.495 e. The molecule has 0 heterocycles. The lowest BCUT2D eigenvalue weighted by molar-refractivity contribution is 0.412. The number of hydrogen-bond donors (Lipinski definition) is 1. The van der Waals surface area contributed by atoms with Crippen molar-refractivity contribution < 1.29 is 17.5 Å². The molecule has 0 bridgehead atoms. The maximum atomic E-state index is 12.8. The lowest BCUT2D eigenvalue weighted by atomic mass is 10.3. The van der Waals surface area contributed by atoms with Crippen LogP contribution in [0.2, 0.25) is 0 Å². The summed E-state index contributed by atoms with van der Waals surface area (Å²) in [6, 6.07) is 9.40. The van der Waals surface area contributed by atoms with Crippen molar-refractivity contribution in [3.8, 4) is 5.75 Å². The van der Waals surface area contributed by atoms with Crippen molar-refractivity contribution in [3.05, 3.63) is 52.8 Å². The molecule has 0 radical (unpaired) electrons. The van der Waals surface area contributed by atoms with Crippen molar-refractivity contribution in [3.63, 3.8) is 0 Å². The van der Waals surface area contributed by atoms with E-state index in [1.54, 1.807) is 18.2 Å². The number of ether oxygens (including phenoxy) is 1. The zero-order valence-corrected chi connectivity index (χ0v) is 12.8. The van der Waals surface area contributed by atoms with Crippen LogP contribution in [0.3, 0.4) is 0 Å². The van der Waals surface area contributed by atoms with Crippen molar-refractivity contribution >= 4 is 31.6 Å². The average molecular weight is 360 g/mol. The zero-order chi connectivity index (χ0) is 14.8. The molecule has 7 heteroatoms. The van der Waals surface area contributed by atoms with Gasteiger partial charge in [-0.25, -0.2) is 12.8 Å². The predicted octanol–water partition coefficient (Wildman–Crippen LogP) is 3.40. The summed E-state index contributed by atoms with van der Waals surface area (Å²) in [7, 11) is -2.27. The third kappa shape index (κ3) is 3.29. The van der Waals surface area contributed by atoms with Crippen molar-refractivity contribution in [1.29, 1.82) is 0 Å². The third-order valence-corrected chi connectivity index (χ3v) is 4.58. The van der Waals surface area contributed by atoms with E-state index in [2.05, 4.69) is 20.7 Å². The second-order valence-electron chi connectivity index (χ2n) is 3.91. The van der Waals surface area contributed by atoms with Gasteiger partial charge in [-0.15, -0.1) is 0 Å². The number of nitrogens with one attached hydrogen (secondary N) is 1. The molecule has 0 aliphatic carbocycles. The third-order valence-electron chi connectivity index (χ3n) is 2.53. The Labute approximate surface area is 124 Å². The Bertz CT molecular complexity index is 717. The van der Waals surface area contributed by atoms with Crippen LogP contribution in [-0.4, -0.2) is 15.5 Å². The molecule has 0 fully saturated rings. The minimum absolute atomic E-state index is 0.0132. The van der Waals surface area contributed by atoms with Crippen molar-refractivity contribution in [1.82, 2.24) is 0 Å². The quantitative estimate of drug-likeness (QED) is 0.909. The Hall–Kier alpha value is -1.60. The summed E-state index contributed by atoms with van der Waals surface area (Å²) in [5, 5.41) is 0. The Kier molecular flexibility index (Phi) is 4.29. The molecule has 0 unspecified atom stereocenters. The van der Waals surface area contributed by atoms with Gasteiger partial charge in [-0.1, -0.05) is 0 Å². The first kappa shape index (κ1) is 14.8. The number of benzene rings is 2. The Balaban J connectivity index is 2.30. The Morgan fingerprint density at radius 3 is 2.40 bits per heavy atom. The highest BCUT2D eigenvalue weighted by Gasteiger charge is 2.15. The van der Waals surface area contributed by atoms with Crippen LogP contribution in [0.1, 0.15) is 0 Å². The fourth-order valence-corrected chi connectivity index (χ4v) is 3.01. The van der Waals surface area contributed by atoms with Gasteiger partial charge in [0, 0.05) is 6.07 Å². The number of halogens is 2. The lowest BCUT2D eigenvalue weighted by Gasteiger charge is -2.10. The van der Waals surface area contributed by atoms with E-state index in [0.717, 1.165) is 12.1 Å². The predicted molar refractivity (Wildman–Crippen MR) is 77.9 cm³/mol. The summed E-state index contributed by atoms with van der Waals surface area (Å²) in [4.78, 5) is -0.0132. The summed E-state index contributed by atoms with van der Waals surface area (Å²) in [6.45, 7) is 0. The van der Waals surface area contributed by atoms with E-state index >= 15 is 0 Å². The maximum Gasteiger partial charge on any atom is 0.261 e. The van der Waals surface area contributed by atoms with Gasteiger partial charge in [0.2, 0.25) is 0 Å². The van der Waals surface area contributed by atoms with E-state index in [0.29, 0.717) is 15.9 Å². The summed E-state index contributed by atoms with van der Waals surface area (Å²) < 4.78 is 45.2. The van der Waals surface area contributed by atoms with E-state index in [1.165, 1.54) is 19.2 Å². The lowest BCUT2D eigenvalue weighted by Crippen LogP contribution is -2.12. The second kappa shape index (κ2) is 5.80. The highest BCUT2D eigenvalue weighted by Crippen LogP contribution is 2.28. The van der Waals surface area contributed by atoms with Crippen LogP contribution in [0.5, 0.6) is 5.75 Å². The summed E-state index contributed by atoms with van der Waals surface area (Å²) in [5.74, 6) is 0.0126. The van der Waals surface area contributed by atoms with Crippen molar-refractivity contribution in [2.24, 2.45) is 0 Å². The molecule has 0 spiro atoms. The molecule has 0 saturated heterocycles. The molecule has 106 valence electrons. The molecule has 0 aromatic heterocycles. The number of rotatable bonds is 4. The van der Waals surface area contributed by atoms with Crippen molar-refractivity contribution in [2.75, 3.05) is 11.8 Å². The average Bonchev–Trinajstić information content (AvgIpc) is 2.41. The van der Waals surface area contributed by atoms with E-state index in [1.807, 2.05) is 0 Å². The van der Waals surface area contributed by atoms with E-state index < -0.39 is 15.8 Å². The summed E-state index contributed by atoms with van der Waals surface area (Å²) in [5.41, 5.74) is 0.356. The van der Waals surface area contributed by atoms with Gasteiger partial charge in [-0.05, 0) is 52.3 Å². The molecule has 2 rings (SSSR count). The molecule has 2 aromatic rings. The van der Waals surface area contributed by atoms with Gasteiger partial charge in [0.05, 0.1) is 22.2 Å². The maximum absolute atomic E-state index is 12.8. The molecule has 2 aromatic carbocycles. The normalized spacial score (nSPS) is 11.2. The first-order valence-corrected chi connectivity index (χ1v) is 7.82.